The molecule has 3 rings (SSSR count). The second kappa shape index (κ2) is 9.22. The van der Waals surface area contributed by atoms with E-state index in [0.29, 0.717) is 5.82 Å². The molecule has 2 aromatic heterocycles. The standard InChI is InChI=1S/C15H13ClN4O3S.C2HF3O2/c1-10-17-7-8-20(10)14-6-5-11(9-18-14)19-24(22,23)13-4-2-3-12(16)15(13)21;3-2(4,5)1(6)7/h2-9,19,21H,1H3;(H,6,7). The van der Waals surface area contributed by atoms with Crippen LogP contribution in [0.3, 0.4) is 0 Å². The normalized spacial score (nSPS) is 11.4. The lowest BCUT2D eigenvalue weighted by atomic mass is 10.3. The average molecular weight is 479 g/mol. The molecule has 0 unspecified atom stereocenters. The summed E-state index contributed by atoms with van der Waals surface area (Å²) < 4.78 is 60.6. The maximum Gasteiger partial charge on any atom is 0.490 e. The number of sulfonamides is 1. The Morgan fingerprint density at radius 2 is 1.84 bits per heavy atom. The van der Waals surface area contributed by atoms with Crippen LogP contribution in [0.2, 0.25) is 5.02 Å². The third kappa shape index (κ3) is 6.08. The molecule has 0 saturated carbocycles. The fourth-order valence-electron chi connectivity index (χ4n) is 2.13. The van der Waals surface area contributed by atoms with Gasteiger partial charge in [0.05, 0.1) is 16.9 Å². The van der Waals surface area contributed by atoms with E-state index in [4.69, 9.17) is 21.5 Å². The van der Waals surface area contributed by atoms with Crippen molar-refractivity contribution in [1.82, 2.24) is 14.5 Å². The smallest absolute Gasteiger partial charge is 0.490 e. The summed E-state index contributed by atoms with van der Waals surface area (Å²) in [5.41, 5.74) is 0.260. The number of carboxylic acids is 1. The number of hydrogen-bond acceptors (Lipinski definition) is 6. The van der Waals surface area contributed by atoms with Crippen molar-refractivity contribution in [3.8, 4) is 11.6 Å². The van der Waals surface area contributed by atoms with Gasteiger partial charge in [0, 0.05) is 12.4 Å². The number of imidazole rings is 1. The first-order chi connectivity index (χ1) is 14.3. The van der Waals surface area contributed by atoms with E-state index in [9.17, 15) is 26.7 Å². The van der Waals surface area contributed by atoms with E-state index in [-0.39, 0.29) is 15.6 Å². The van der Waals surface area contributed by atoms with Crippen molar-refractivity contribution in [2.75, 3.05) is 4.72 Å². The number of para-hydroxylation sites is 1. The van der Waals surface area contributed by atoms with Crippen molar-refractivity contribution < 1.29 is 36.6 Å². The van der Waals surface area contributed by atoms with Gasteiger partial charge in [-0.05, 0) is 31.2 Å². The number of aliphatic carboxylic acids is 1. The van der Waals surface area contributed by atoms with Gasteiger partial charge in [-0.1, -0.05) is 17.7 Å². The Balaban J connectivity index is 0.000000423. The van der Waals surface area contributed by atoms with Crippen LogP contribution in [0.5, 0.6) is 5.75 Å². The summed E-state index contributed by atoms with van der Waals surface area (Å²) in [5, 5.41) is 16.9. The van der Waals surface area contributed by atoms with Gasteiger partial charge in [-0.25, -0.2) is 23.2 Å². The fourth-order valence-corrected chi connectivity index (χ4v) is 3.53. The number of rotatable bonds is 4. The van der Waals surface area contributed by atoms with Crippen LogP contribution >= 0.6 is 11.6 Å². The van der Waals surface area contributed by atoms with Crippen molar-refractivity contribution in [1.29, 1.82) is 0 Å². The lowest BCUT2D eigenvalue weighted by molar-refractivity contribution is -0.192. The van der Waals surface area contributed by atoms with Gasteiger partial charge in [0.1, 0.15) is 16.5 Å². The molecule has 0 spiro atoms. The maximum absolute atomic E-state index is 12.4. The molecule has 2 heterocycles. The number of hydrogen-bond donors (Lipinski definition) is 3. The molecule has 1 aromatic carbocycles. The summed E-state index contributed by atoms with van der Waals surface area (Å²) in [6.45, 7) is 1.83. The maximum atomic E-state index is 12.4. The molecule has 0 aliphatic heterocycles. The Kier molecular flexibility index (Phi) is 7.13. The molecule has 0 atom stereocenters. The number of nitrogens with one attached hydrogen (secondary N) is 1. The van der Waals surface area contributed by atoms with Gasteiger partial charge in [-0.2, -0.15) is 13.2 Å². The molecule has 3 N–H and O–H groups in total. The molecule has 9 nitrogen and oxygen atoms in total. The van der Waals surface area contributed by atoms with Gasteiger partial charge in [0.2, 0.25) is 0 Å². The number of benzene rings is 1. The largest absolute Gasteiger partial charge is 0.505 e. The van der Waals surface area contributed by atoms with Crippen LogP contribution in [-0.2, 0) is 14.8 Å². The van der Waals surface area contributed by atoms with Crippen LogP contribution in [0, 0.1) is 6.92 Å². The lowest BCUT2D eigenvalue weighted by Crippen LogP contribution is -2.21. The first-order valence-electron chi connectivity index (χ1n) is 8.09. The number of anilines is 1. The van der Waals surface area contributed by atoms with Gasteiger partial charge in [-0.3, -0.25) is 9.29 Å². The monoisotopic (exact) mass is 478 g/mol. The van der Waals surface area contributed by atoms with Crippen molar-refractivity contribution in [2.24, 2.45) is 0 Å². The number of phenolic OH excluding ortho intramolecular Hbond substituents is 1. The molecule has 14 heteroatoms. The molecular formula is C17H14ClF3N4O5S. The average Bonchev–Trinajstić information content (AvgIpc) is 3.10. The van der Waals surface area contributed by atoms with E-state index in [2.05, 4.69) is 14.7 Å². The Hall–Kier alpha value is -3.32. The Labute approximate surface area is 178 Å². The molecule has 3 aromatic rings. The number of aryl methyl sites for hydroxylation is 1. The third-order valence-corrected chi connectivity index (χ3v) is 5.27. The number of pyridine rings is 1. The number of alkyl halides is 3. The molecule has 0 radical (unpaired) electrons. The summed E-state index contributed by atoms with van der Waals surface area (Å²) in [6, 6.07) is 7.34. The fraction of sp³-hybridized carbons (Fsp3) is 0.118. The predicted molar refractivity (Wildman–Crippen MR) is 104 cm³/mol. The molecule has 0 aliphatic carbocycles. The molecule has 166 valence electrons. The topological polar surface area (TPSA) is 134 Å². The number of phenols is 1. The Morgan fingerprint density at radius 3 is 2.32 bits per heavy atom. The van der Waals surface area contributed by atoms with Gasteiger partial charge in [-0.15, -0.1) is 0 Å². The SMILES string of the molecule is Cc1nccn1-c1ccc(NS(=O)(=O)c2cccc(Cl)c2O)cn1.O=C(O)C(F)(F)F. The van der Waals surface area contributed by atoms with E-state index < -0.39 is 27.9 Å². The minimum Gasteiger partial charge on any atom is -0.505 e. The number of carboxylic acid groups (broad SMARTS) is 1. The summed E-state index contributed by atoms with van der Waals surface area (Å²) in [5.74, 6) is -1.88. The zero-order valence-electron chi connectivity index (χ0n) is 15.5. The van der Waals surface area contributed by atoms with Crippen LogP contribution in [0.4, 0.5) is 18.9 Å². The van der Waals surface area contributed by atoms with E-state index in [1.54, 1.807) is 29.1 Å². The second-order valence-electron chi connectivity index (χ2n) is 5.74. The Bertz CT molecular complexity index is 1180. The lowest BCUT2D eigenvalue weighted by Gasteiger charge is -2.11. The van der Waals surface area contributed by atoms with Crippen molar-refractivity contribution in [3.05, 3.63) is 59.8 Å². The zero-order chi connectivity index (χ0) is 23.4. The first kappa shape index (κ1) is 24.0. The quantitative estimate of drug-likeness (QED) is 0.523. The number of aromatic hydroxyl groups is 1. The van der Waals surface area contributed by atoms with Crippen LogP contribution in [0.15, 0.2) is 53.8 Å². The van der Waals surface area contributed by atoms with E-state index in [0.717, 1.165) is 5.82 Å². The second-order valence-corrected chi connectivity index (χ2v) is 7.80. The van der Waals surface area contributed by atoms with Crippen LogP contribution in [-0.4, -0.2) is 45.3 Å². The molecule has 0 aliphatic rings. The van der Waals surface area contributed by atoms with Gasteiger partial charge in [0.25, 0.3) is 10.0 Å². The molecule has 0 bridgehead atoms. The van der Waals surface area contributed by atoms with Gasteiger partial charge >= 0.3 is 12.1 Å². The first-order valence-corrected chi connectivity index (χ1v) is 9.96. The Morgan fingerprint density at radius 1 is 1.19 bits per heavy atom. The number of nitrogens with zero attached hydrogens (tertiary/aromatic N) is 3. The van der Waals surface area contributed by atoms with Crippen molar-refractivity contribution >= 4 is 33.3 Å². The number of carbonyl (C=O) groups is 1. The molecule has 0 fully saturated rings. The third-order valence-electron chi connectivity index (χ3n) is 3.55. The van der Waals surface area contributed by atoms with Crippen LogP contribution in [0.25, 0.3) is 5.82 Å². The van der Waals surface area contributed by atoms with Gasteiger partial charge < -0.3 is 10.2 Å². The van der Waals surface area contributed by atoms with Crippen LogP contribution in [0.1, 0.15) is 5.82 Å². The summed E-state index contributed by atoms with van der Waals surface area (Å²) in [4.78, 5) is 16.9. The van der Waals surface area contributed by atoms with E-state index in [1.165, 1.54) is 24.4 Å². The van der Waals surface area contributed by atoms with E-state index >= 15 is 0 Å². The minimum absolute atomic E-state index is 0.0399. The number of halogens is 4. The van der Waals surface area contributed by atoms with Crippen molar-refractivity contribution in [2.45, 2.75) is 18.0 Å². The molecular weight excluding hydrogens is 465 g/mol. The summed E-state index contributed by atoms with van der Waals surface area (Å²) in [7, 11) is -3.98. The number of aromatic nitrogens is 3. The highest BCUT2D eigenvalue weighted by Gasteiger charge is 2.38. The summed E-state index contributed by atoms with van der Waals surface area (Å²) >= 11 is 5.75. The van der Waals surface area contributed by atoms with Crippen LogP contribution < -0.4 is 4.72 Å². The van der Waals surface area contributed by atoms with E-state index in [1.807, 2.05) is 6.92 Å². The zero-order valence-corrected chi connectivity index (χ0v) is 17.1. The highest BCUT2D eigenvalue weighted by molar-refractivity contribution is 7.92. The molecule has 31 heavy (non-hydrogen) atoms. The molecule has 0 amide bonds. The minimum atomic E-state index is -5.08. The summed E-state index contributed by atoms with van der Waals surface area (Å²) in [6.07, 6.45) is -0.297. The van der Waals surface area contributed by atoms with Gasteiger partial charge in [0.15, 0.2) is 5.75 Å². The van der Waals surface area contributed by atoms with Crippen molar-refractivity contribution in [3.63, 3.8) is 0 Å². The highest BCUT2D eigenvalue weighted by Crippen LogP contribution is 2.31. The predicted octanol–water partition coefficient (Wildman–Crippen LogP) is 3.37. The highest BCUT2D eigenvalue weighted by atomic mass is 35.5. The molecule has 0 saturated heterocycles.